The molecule has 2 N–H and O–H groups in total. The van der Waals surface area contributed by atoms with Gasteiger partial charge in [0, 0.05) is 17.4 Å². The van der Waals surface area contributed by atoms with Crippen molar-refractivity contribution in [2.75, 3.05) is 10.6 Å². The number of anilines is 2. The topological polar surface area (TPSA) is 50.4 Å². The largest absolute Gasteiger partial charge is 0.444 e. The van der Waals surface area contributed by atoms with Crippen molar-refractivity contribution in [1.82, 2.24) is 0 Å². The van der Waals surface area contributed by atoms with Crippen LogP contribution in [0.3, 0.4) is 0 Å². The minimum Gasteiger partial charge on any atom is -0.444 e. The van der Waals surface area contributed by atoms with Gasteiger partial charge in [0.1, 0.15) is 5.60 Å². The molecule has 1 aromatic carbocycles. The second-order valence-corrected chi connectivity index (χ2v) is 6.48. The van der Waals surface area contributed by atoms with Crippen molar-refractivity contribution in [3.63, 3.8) is 0 Å². The average molecular weight is 276 g/mol. The summed E-state index contributed by atoms with van der Waals surface area (Å²) < 4.78 is 5.24. The fourth-order valence-electron chi connectivity index (χ4n) is 2.09. The molecule has 1 aromatic rings. The van der Waals surface area contributed by atoms with Gasteiger partial charge in [0.15, 0.2) is 0 Å². The number of hydrogen-bond acceptors (Lipinski definition) is 3. The van der Waals surface area contributed by atoms with Gasteiger partial charge in [-0.1, -0.05) is 6.07 Å². The molecule has 1 saturated carbocycles. The van der Waals surface area contributed by atoms with E-state index in [4.69, 9.17) is 4.74 Å². The van der Waals surface area contributed by atoms with Crippen molar-refractivity contribution >= 4 is 17.5 Å². The van der Waals surface area contributed by atoms with Gasteiger partial charge in [0.2, 0.25) is 0 Å². The summed E-state index contributed by atoms with van der Waals surface area (Å²) in [5, 5.41) is 6.23. The summed E-state index contributed by atoms with van der Waals surface area (Å²) in [6.45, 7) is 7.75. The van der Waals surface area contributed by atoms with E-state index >= 15 is 0 Å². The van der Waals surface area contributed by atoms with E-state index < -0.39 is 11.7 Å². The summed E-state index contributed by atoms with van der Waals surface area (Å²) in [4.78, 5) is 11.7. The third-order valence-corrected chi connectivity index (χ3v) is 3.23. The normalized spacial score (nSPS) is 16.4. The highest BCUT2D eigenvalue weighted by atomic mass is 16.6. The Bertz CT molecular complexity index is 476. The molecule has 1 atom stereocenters. The van der Waals surface area contributed by atoms with Gasteiger partial charge < -0.3 is 10.1 Å². The SMILES string of the molecule is CC(Nc1cccc(NC(=O)OC(C)(C)C)c1)C1CC1. The standard InChI is InChI=1S/C16H24N2O2/c1-11(12-8-9-12)17-13-6-5-7-14(10-13)18-15(19)20-16(2,3)4/h5-7,10-12,17H,8-9H2,1-4H3,(H,18,19). The summed E-state index contributed by atoms with van der Waals surface area (Å²) in [6, 6.07) is 8.21. The van der Waals surface area contributed by atoms with Crippen molar-refractivity contribution < 1.29 is 9.53 Å². The first-order chi connectivity index (χ1) is 9.33. The number of rotatable bonds is 4. The fourth-order valence-corrected chi connectivity index (χ4v) is 2.09. The van der Waals surface area contributed by atoms with Gasteiger partial charge in [-0.05, 0) is 64.7 Å². The van der Waals surface area contributed by atoms with Crippen LogP contribution in [0.5, 0.6) is 0 Å². The molecule has 20 heavy (non-hydrogen) atoms. The molecular weight excluding hydrogens is 252 g/mol. The lowest BCUT2D eigenvalue weighted by Crippen LogP contribution is -2.27. The molecule has 1 amide bonds. The monoisotopic (exact) mass is 276 g/mol. The Morgan fingerprint density at radius 3 is 2.55 bits per heavy atom. The smallest absolute Gasteiger partial charge is 0.412 e. The lowest BCUT2D eigenvalue weighted by molar-refractivity contribution is 0.0636. The zero-order valence-electron chi connectivity index (χ0n) is 12.7. The lowest BCUT2D eigenvalue weighted by Gasteiger charge is -2.20. The third-order valence-electron chi connectivity index (χ3n) is 3.23. The van der Waals surface area contributed by atoms with Crippen LogP contribution in [-0.4, -0.2) is 17.7 Å². The van der Waals surface area contributed by atoms with E-state index in [0.717, 1.165) is 17.3 Å². The van der Waals surface area contributed by atoms with Crippen molar-refractivity contribution in [3.8, 4) is 0 Å². The van der Waals surface area contributed by atoms with Gasteiger partial charge in [-0.25, -0.2) is 4.79 Å². The maximum atomic E-state index is 11.7. The zero-order valence-corrected chi connectivity index (χ0v) is 12.7. The van der Waals surface area contributed by atoms with Crippen molar-refractivity contribution in [2.45, 2.75) is 52.2 Å². The summed E-state index contributed by atoms with van der Waals surface area (Å²) in [7, 11) is 0. The summed E-state index contributed by atoms with van der Waals surface area (Å²) in [5.74, 6) is 0.789. The minimum atomic E-state index is -0.486. The van der Waals surface area contributed by atoms with Crippen molar-refractivity contribution in [1.29, 1.82) is 0 Å². The Kier molecular flexibility index (Phi) is 4.21. The molecule has 1 fully saturated rings. The molecule has 2 rings (SSSR count). The van der Waals surface area contributed by atoms with E-state index in [1.165, 1.54) is 12.8 Å². The second-order valence-electron chi connectivity index (χ2n) is 6.48. The van der Waals surface area contributed by atoms with E-state index in [-0.39, 0.29) is 0 Å². The molecule has 110 valence electrons. The number of ether oxygens (including phenoxy) is 1. The number of nitrogens with one attached hydrogen (secondary N) is 2. The first-order valence-electron chi connectivity index (χ1n) is 7.20. The number of benzene rings is 1. The van der Waals surface area contributed by atoms with Crippen LogP contribution in [0.1, 0.15) is 40.5 Å². The number of hydrogen-bond donors (Lipinski definition) is 2. The molecule has 4 heteroatoms. The molecule has 1 unspecified atom stereocenters. The van der Waals surface area contributed by atoms with E-state index in [0.29, 0.717) is 6.04 Å². The zero-order chi connectivity index (χ0) is 14.8. The molecule has 0 saturated heterocycles. The summed E-state index contributed by atoms with van der Waals surface area (Å²) in [6.07, 6.45) is 2.19. The molecule has 0 aliphatic heterocycles. The van der Waals surface area contributed by atoms with E-state index in [1.54, 1.807) is 0 Å². The average Bonchev–Trinajstić information content (AvgIpc) is 3.09. The van der Waals surface area contributed by atoms with Crippen LogP contribution in [0.15, 0.2) is 24.3 Å². The molecule has 0 aromatic heterocycles. The van der Waals surface area contributed by atoms with Crippen LogP contribution in [0.4, 0.5) is 16.2 Å². The maximum Gasteiger partial charge on any atom is 0.412 e. The molecule has 0 radical (unpaired) electrons. The quantitative estimate of drug-likeness (QED) is 0.864. The van der Waals surface area contributed by atoms with Gasteiger partial charge >= 0.3 is 6.09 Å². The van der Waals surface area contributed by atoms with E-state index in [9.17, 15) is 4.79 Å². The molecular formula is C16H24N2O2. The molecule has 4 nitrogen and oxygen atoms in total. The highest BCUT2D eigenvalue weighted by Crippen LogP contribution is 2.34. The summed E-state index contributed by atoms with van der Waals surface area (Å²) >= 11 is 0. The molecule has 0 heterocycles. The van der Waals surface area contributed by atoms with Crippen molar-refractivity contribution in [2.24, 2.45) is 5.92 Å². The van der Waals surface area contributed by atoms with Crippen LogP contribution in [0.2, 0.25) is 0 Å². The first-order valence-corrected chi connectivity index (χ1v) is 7.20. The predicted molar refractivity (Wildman–Crippen MR) is 82.1 cm³/mol. The maximum absolute atomic E-state index is 11.7. The van der Waals surface area contributed by atoms with Gasteiger partial charge in [0.05, 0.1) is 0 Å². The third kappa shape index (κ3) is 4.76. The van der Waals surface area contributed by atoms with Gasteiger partial charge in [-0.3, -0.25) is 5.32 Å². The van der Waals surface area contributed by atoms with E-state index in [2.05, 4.69) is 17.6 Å². The van der Waals surface area contributed by atoms with Gasteiger partial charge in [0.25, 0.3) is 0 Å². The van der Waals surface area contributed by atoms with Crippen LogP contribution in [-0.2, 0) is 4.74 Å². The molecule has 0 spiro atoms. The Labute approximate surface area is 120 Å². The predicted octanol–water partition coefficient (Wildman–Crippen LogP) is 4.24. The van der Waals surface area contributed by atoms with Crippen LogP contribution >= 0.6 is 0 Å². The van der Waals surface area contributed by atoms with E-state index in [1.807, 2.05) is 45.0 Å². The summed E-state index contributed by atoms with van der Waals surface area (Å²) in [5.41, 5.74) is 1.28. The highest BCUT2D eigenvalue weighted by Gasteiger charge is 2.27. The number of carbonyl (C=O) groups is 1. The van der Waals surface area contributed by atoms with Crippen LogP contribution in [0.25, 0.3) is 0 Å². The lowest BCUT2D eigenvalue weighted by atomic mass is 10.2. The number of amides is 1. The van der Waals surface area contributed by atoms with Crippen molar-refractivity contribution in [3.05, 3.63) is 24.3 Å². The molecule has 0 bridgehead atoms. The van der Waals surface area contributed by atoms with Gasteiger partial charge in [-0.2, -0.15) is 0 Å². The Morgan fingerprint density at radius 1 is 1.30 bits per heavy atom. The minimum absolute atomic E-state index is 0.426. The molecule has 1 aliphatic carbocycles. The second kappa shape index (κ2) is 5.73. The highest BCUT2D eigenvalue weighted by molar-refractivity contribution is 5.85. The van der Waals surface area contributed by atoms with Crippen LogP contribution in [0, 0.1) is 5.92 Å². The first kappa shape index (κ1) is 14.7. The van der Waals surface area contributed by atoms with Crippen LogP contribution < -0.4 is 10.6 Å². The number of carbonyl (C=O) groups excluding carboxylic acids is 1. The Balaban J connectivity index is 1.93. The Hall–Kier alpha value is -1.71. The fraction of sp³-hybridized carbons (Fsp3) is 0.562. The van der Waals surface area contributed by atoms with Gasteiger partial charge in [-0.15, -0.1) is 0 Å². The Morgan fingerprint density at radius 2 is 1.95 bits per heavy atom. The molecule has 1 aliphatic rings.